The van der Waals surface area contributed by atoms with Crippen molar-refractivity contribution in [2.75, 3.05) is 25.2 Å². The number of piperidine rings is 1. The molecular weight excluding hydrogens is 226 g/mol. The van der Waals surface area contributed by atoms with Gasteiger partial charge in [-0.15, -0.1) is 0 Å². The molecule has 1 aromatic carbocycles. The SMILES string of the molecule is COc1ccc(N2CCC(CO)CC2(C)C)cc1. The first-order valence-corrected chi connectivity index (χ1v) is 6.59. The predicted octanol–water partition coefficient (Wildman–Crippen LogP) is 2.68. The number of hydrogen-bond acceptors (Lipinski definition) is 3. The fraction of sp³-hybridized carbons (Fsp3) is 0.600. The second-order valence-electron chi connectivity index (χ2n) is 5.70. The minimum absolute atomic E-state index is 0.0975. The Morgan fingerprint density at radius 2 is 2.00 bits per heavy atom. The number of anilines is 1. The van der Waals surface area contributed by atoms with E-state index in [1.54, 1.807) is 7.11 Å². The standard InChI is InChI=1S/C15H23NO2/c1-15(2)10-12(11-17)8-9-16(15)13-4-6-14(18-3)7-5-13/h4-7,12,17H,8-11H2,1-3H3. The molecule has 1 N–H and O–H groups in total. The number of ether oxygens (including phenoxy) is 1. The highest BCUT2D eigenvalue weighted by Gasteiger charge is 2.34. The van der Waals surface area contributed by atoms with Crippen LogP contribution in [0, 0.1) is 5.92 Å². The van der Waals surface area contributed by atoms with Crippen molar-refractivity contribution in [3.05, 3.63) is 24.3 Å². The minimum Gasteiger partial charge on any atom is -0.497 e. The molecule has 100 valence electrons. The summed E-state index contributed by atoms with van der Waals surface area (Å²) in [6.45, 7) is 5.81. The zero-order valence-corrected chi connectivity index (χ0v) is 11.5. The number of rotatable bonds is 3. The number of benzene rings is 1. The van der Waals surface area contributed by atoms with Crippen LogP contribution in [0.3, 0.4) is 0 Å². The third-order valence-corrected chi connectivity index (χ3v) is 3.92. The molecule has 18 heavy (non-hydrogen) atoms. The Morgan fingerprint density at radius 1 is 1.33 bits per heavy atom. The Hall–Kier alpha value is -1.22. The monoisotopic (exact) mass is 249 g/mol. The van der Waals surface area contributed by atoms with Crippen LogP contribution in [0.25, 0.3) is 0 Å². The van der Waals surface area contributed by atoms with Crippen LogP contribution in [0.4, 0.5) is 5.69 Å². The molecule has 0 bridgehead atoms. The summed E-state index contributed by atoms with van der Waals surface area (Å²) in [5.41, 5.74) is 1.33. The summed E-state index contributed by atoms with van der Waals surface area (Å²) in [4.78, 5) is 2.43. The van der Waals surface area contributed by atoms with Gasteiger partial charge < -0.3 is 14.7 Å². The van der Waals surface area contributed by atoms with Gasteiger partial charge in [0.2, 0.25) is 0 Å². The van der Waals surface area contributed by atoms with Crippen molar-refractivity contribution in [3.63, 3.8) is 0 Å². The Bertz CT molecular complexity index is 386. The van der Waals surface area contributed by atoms with Crippen LogP contribution < -0.4 is 9.64 Å². The number of methoxy groups -OCH3 is 1. The summed E-state index contributed by atoms with van der Waals surface area (Å²) < 4.78 is 5.19. The summed E-state index contributed by atoms with van der Waals surface area (Å²) in [7, 11) is 1.69. The van der Waals surface area contributed by atoms with E-state index in [4.69, 9.17) is 4.74 Å². The number of nitrogens with zero attached hydrogens (tertiary/aromatic N) is 1. The molecule has 0 amide bonds. The zero-order valence-electron chi connectivity index (χ0n) is 11.5. The Kier molecular flexibility index (Phi) is 3.81. The predicted molar refractivity (Wildman–Crippen MR) is 74.2 cm³/mol. The maximum Gasteiger partial charge on any atom is 0.119 e. The maximum atomic E-state index is 9.31. The van der Waals surface area contributed by atoms with Gasteiger partial charge in [-0.3, -0.25) is 0 Å². The van der Waals surface area contributed by atoms with Crippen molar-refractivity contribution >= 4 is 5.69 Å². The van der Waals surface area contributed by atoms with Gasteiger partial charge in [-0.25, -0.2) is 0 Å². The molecule has 1 atom stereocenters. The Morgan fingerprint density at radius 3 is 2.50 bits per heavy atom. The van der Waals surface area contributed by atoms with E-state index in [2.05, 4.69) is 30.9 Å². The van der Waals surface area contributed by atoms with E-state index >= 15 is 0 Å². The quantitative estimate of drug-likeness (QED) is 0.894. The molecule has 1 heterocycles. The summed E-state index contributed by atoms with van der Waals surface area (Å²) in [5.74, 6) is 1.33. The highest BCUT2D eigenvalue weighted by Crippen LogP contribution is 2.35. The van der Waals surface area contributed by atoms with Gasteiger partial charge in [-0.1, -0.05) is 0 Å². The Balaban J connectivity index is 2.16. The lowest BCUT2D eigenvalue weighted by Gasteiger charge is -2.47. The van der Waals surface area contributed by atoms with Crippen LogP contribution in [0.2, 0.25) is 0 Å². The van der Waals surface area contributed by atoms with Gasteiger partial charge in [-0.2, -0.15) is 0 Å². The van der Waals surface area contributed by atoms with E-state index in [-0.39, 0.29) is 5.54 Å². The summed E-state index contributed by atoms with van der Waals surface area (Å²) in [6.07, 6.45) is 2.10. The van der Waals surface area contributed by atoms with Crippen molar-refractivity contribution in [2.24, 2.45) is 5.92 Å². The van der Waals surface area contributed by atoms with Gasteiger partial charge in [0.25, 0.3) is 0 Å². The zero-order chi connectivity index (χ0) is 13.2. The molecule has 0 aromatic heterocycles. The smallest absolute Gasteiger partial charge is 0.119 e. The highest BCUT2D eigenvalue weighted by molar-refractivity contribution is 5.51. The third-order valence-electron chi connectivity index (χ3n) is 3.92. The molecule has 2 rings (SSSR count). The molecule has 1 saturated heterocycles. The normalized spacial score (nSPS) is 22.9. The maximum absolute atomic E-state index is 9.31. The lowest BCUT2D eigenvalue weighted by atomic mass is 9.82. The molecule has 3 nitrogen and oxygen atoms in total. The second-order valence-corrected chi connectivity index (χ2v) is 5.70. The van der Waals surface area contributed by atoms with Gasteiger partial charge >= 0.3 is 0 Å². The largest absolute Gasteiger partial charge is 0.497 e. The molecular formula is C15H23NO2. The molecule has 1 fully saturated rings. The van der Waals surface area contributed by atoms with E-state index in [1.165, 1.54) is 5.69 Å². The van der Waals surface area contributed by atoms with Gasteiger partial charge in [0.15, 0.2) is 0 Å². The number of aliphatic hydroxyl groups excluding tert-OH is 1. The fourth-order valence-electron chi connectivity index (χ4n) is 2.93. The van der Waals surface area contributed by atoms with Crippen molar-refractivity contribution < 1.29 is 9.84 Å². The van der Waals surface area contributed by atoms with E-state index < -0.39 is 0 Å². The van der Waals surface area contributed by atoms with Crippen LogP contribution in [0.15, 0.2) is 24.3 Å². The molecule has 0 spiro atoms. The first kappa shape index (κ1) is 13.2. The molecule has 0 radical (unpaired) electrons. The first-order valence-electron chi connectivity index (χ1n) is 6.59. The Labute approximate surface area is 109 Å². The van der Waals surface area contributed by atoms with Gasteiger partial charge in [-0.05, 0) is 56.9 Å². The first-order chi connectivity index (χ1) is 8.56. The second kappa shape index (κ2) is 5.19. The molecule has 0 saturated carbocycles. The fourth-order valence-corrected chi connectivity index (χ4v) is 2.93. The molecule has 1 aliphatic heterocycles. The van der Waals surface area contributed by atoms with E-state index in [9.17, 15) is 5.11 Å². The highest BCUT2D eigenvalue weighted by atomic mass is 16.5. The van der Waals surface area contributed by atoms with Crippen LogP contribution in [0.5, 0.6) is 5.75 Å². The average Bonchev–Trinajstić information content (AvgIpc) is 2.38. The summed E-state index contributed by atoms with van der Waals surface area (Å²) in [5, 5.41) is 9.31. The lowest BCUT2D eigenvalue weighted by Crippen LogP contribution is -2.50. The molecule has 1 unspecified atom stereocenters. The van der Waals surface area contributed by atoms with Crippen molar-refractivity contribution in [1.82, 2.24) is 0 Å². The molecule has 1 aromatic rings. The van der Waals surface area contributed by atoms with Crippen molar-refractivity contribution in [2.45, 2.75) is 32.2 Å². The molecule has 3 heteroatoms. The topological polar surface area (TPSA) is 32.7 Å². The molecule has 1 aliphatic rings. The van der Waals surface area contributed by atoms with E-state index in [0.717, 1.165) is 25.1 Å². The number of aliphatic hydroxyl groups is 1. The third kappa shape index (κ3) is 2.61. The minimum atomic E-state index is 0.0975. The number of hydrogen-bond donors (Lipinski definition) is 1. The summed E-state index contributed by atoms with van der Waals surface area (Å²) in [6, 6.07) is 8.23. The van der Waals surface area contributed by atoms with Gasteiger partial charge in [0.05, 0.1) is 7.11 Å². The van der Waals surface area contributed by atoms with Gasteiger partial charge in [0.1, 0.15) is 5.75 Å². The van der Waals surface area contributed by atoms with Crippen LogP contribution >= 0.6 is 0 Å². The average molecular weight is 249 g/mol. The summed E-state index contributed by atoms with van der Waals surface area (Å²) >= 11 is 0. The lowest BCUT2D eigenvalue weighted by molar-refractivity contribution is 0.166. The molecule has 0 aliphatic carbocycles. The van der Waals surface area contributed by atoms with Crippen LogP contribution in [-0.4, -0.2) is 30.9 Å². The van der Waals surface area contributed by atoms with Crippen molar-refractivity contribution in [1.29, 1.82) is 0 Å². The van der Waals surface area contributed by atoms with Gasteiger partial charge in [0, 0.05) is 24.4 Å². The van der Waals surface area contributed by atoms with Crippen LogP contribution in [0.1, 0.15) is 26.7 Å². The van der Waals surface area contributed by atoms with E-state index in [1.807, 2.05) is 12.1 Å². The van der Waals surface area contributed by atoms with Crippen molar-refractivity contribution in [3.8, 4) is 5.75 Å². The van der Waals surface area contributed by atoms with Crippen LogP contribution in [-0.2, 0) is 0 Å². The van der Waals surface area contributed by atoms with E-state index in [0.29, 0.717) is 12.5 Å².